The van der Waals surface area contributed by atoms with Crippen LogP contribution in [0.3, 0.4) is 0 Å². The lowest BCUT2D eigenvalue weighted by Crippen LogP contribution is -2.56. The summed E-state index contributed by atoms with van der Waals surface area (Å²) in [7, 11) is 1.25. The number of hydrogen-bond acceptors (Lipinski definition) is 8. The van der Waals surface area contributed by atoms with Crippen LogP contribution in [0.4, 0.5) is 4.79 Å². The zero-order valence-electron chi connectivity index (χ0n) is 27.3. The summed E-state index contributed by atoms with van der Waals surface area (Å²) >= 11 is 0. The zero-order chi connectivity index (χ0) is 33.1. The van der Waals surface area contributed by atoms with Gasteiger partial charge in [-0.15, -0.1) is 0 Å². The molecule has 43 heavy (non-hydrogen) atoms. The molecule has 1 rings (SSSR count). The maximum atomic E-state index is 13.6. The Morgan fingerprint density at radius 3 is 2.14 bits per heavy atom. The molecule has 0 unspecified atom stereocenters. The molecule has 0 radical (unpaired) electrons. The molecule has 0 bridgehead atoms. The Morgan fingerprint density at radius 2 is 1.60 bits per heavy atom. The van der Waals surface area contributed by atoms with Crippen LogP contribution in [0.2, 0.25) is 0 Å². The van der Waals surface area contributed by atoms with Crippen molar-refractivity contribution in [2.45, 2.75) is 111 Å². The number of amides is 5. The Hall–Kier alpha value is -3.64. The summed E-state index contributed by atoms with van der Waals surface area (Å²) in [5.74, 6) is -2.49. The molecule has 4 atom stereocenters. The van der Waals surface area contributed by atoms with E-state index >= 15 is 0 Å². The first-order valence-corrected chi connectivity index (χ1v) is 14.8. The van der Waals surface area contributed by atoms with E-state index in [1.807, 2.05) is 27.7 Å². The average Bonchev–Trinajstić information content (AvgIpc) is 3.35. The molecule has 1 heterocycles. The van der Waals surface area contributed by atoms with Gasteiger partial charge in [0.05, 0.1) is 19.7 Å². The number of ether oxygens (including phenoxy) is 2. The average molecular weight is 610 g/mol. The topological polar surface area (TPSA) is 172 Å². The zero-order valence-corrected chi connectivity index (χ0v) is 27.3. The van der Waals surface area contributed by atoms with Crippen LogP contribution in [0.15, 0.2) is 11.6 Å². The molecule has 0 spiro atoms. The third-order valence-corrected chi connectivity index (χ3v) is 6.68. The first kappa shape index (κ1) is 37.4. The predicted octanol–water partition coefficient (Wildman–Crippen LogP) is 1.80. The van der Waals surface area contributed by atoms with Gasteiger partial charge in [0.25, 0.3) is 0 Å². The summed E-state index contributed by atoms with van der Waals surface area (Å²) in [5, 5.41) is 10.4. The molecule has 1 fully saturated rings. The third-order valence-electron chi connectivity index (χ3n) is 6.68. The standard InChI is InChI=1S/C30H51N5O8/c1-17(2)14-22(28(40)42-10)33-23(36)16-31-25(37)19(5)15-21-12-11-13-35(21)27(39)24(18(3)4)34-26(38)20(6)32-29(41)43-30(7,8)9/h15,17-18,20-22,24H,11-14,16H2,1-10H3,(H,31,37)(H,32,41)(H,33,36)(H,34,38)/b19-15+/t20-,21-,22-,24-/m0/s1. The lowest BCUT2D eigenvalue weighted by molar-refractivity contribution is -0.145. The molecule has 1 aliphatic heterocycles. The van der Waals surface area contributed by atoms with Crippen LogP contribution in [0, 0.1) is 11.8 Å². The van der Waals surface area contributed by atoms with Gasteiger partial charge in [-0.05, 0) is 65.7 Å². The van der Waals surface area contributed by atoms with Crippen LogP contribution in [-0.4, -0.2) is 90.6 Å². The number of nitrogens with zero attached hydrogens (tertiary/aromatic N) is 1. The molecule has 1 aliphatic rings. The summed E-state index contributed by atoms with van der Waals surface area (Å²) < 4.78 is 9.95. The maximum absolute atomic E-state index is 13.6. The monoisotopic (exact) mass is 609 g/mol. The van der Waals surface area contributed by atoms with Gasteiger partial charge in [-0.25, -0.2) is 9.59 Å². The number of rotatable bonds is 13. The molecule has 244 valence electrons. The van der Waals surface area contributed by atoms with Gasteiger partial charge in [-0.3, -0.25) is 19.2 Å². The highest BCUT2D eigenvalue weighted by Crippen LogP contribution is 2.22. The lowest BCUT2D eigenvalue weighted by atomic mass is 10.0. The first-order chi connectivity index (χ1) is 19.9. The molecule has 13 nitrogen and oxygen atoms in total. The number of carbonyl (C=O) groups excluding carboxylic acids is 6. The smallest absolute Gasteiger partial charge is 0.408 e. The SMILES string of the molecule is COC(=O)[C@H](CC(C)C)NC(=O)CNC(=O)/C(C)=C/[C@@H]1CCCN1C(=O)[C@@H](NC(=O)[C@H](C)NC(=O)OC(C)(C)C)C(C)C. The van der Waals surface area contributed by atoms with E-state index in [1.165, 1.54) is 14.0 Å². The molecular weight excluding hydrogens is 558 g/mol. The van der Waals surface area contributed by atoms with Crippen molar-refractivity contribution < 1.29 is 38.2 Å². The molecule has 0 aliphatic carbocycles. The highest BCUT2D eigenvalue weighted by atomic mass is 16.6. The van der Waals surface area contributed by atoms with E-state index in [9.17, 15) is 28.8 Å². The minimum absolute atomic E-state index is 0.141. The van der Waals surface area contributed by atoms with Crippen molar-refractivity contribution in [1.29, 1.82) is 0 Å². The number of hydrogen-bond donors (Lipinski definition) is 4. The number of alkyl carbamates (subject to hydrolysis) is 1. The van der Waals surface area contributed by atoms with Gasteiger partial charge >= 0.3 is 12.1 Å². The number of likely N-dealkylation sites (tertiary alicyclic amines) is 1. The second-order valence-corrected chi connectivity index (χ2v) is 12.6. The van der Waals surface area contributed by atoms with Gasteiger partial charge in [0.2, 0.25) is 23.6 Å². The molecule has 0 aromatic heterocycles. The Kier molecular flexibility index (Phi) is 14.7. The highest BCUT2D eigenvalue weighted by Gasteiger charge is 2.36. The molecule has 0 aromatic rings. The fourth-order valence-corrected chi connectivity index (χ4v) is 4.50. The van der Waals surface area contributed by atoms with Crippen molar-refractivity contribution in [1.82, 2.24) is 26.2 Å². The van der Waals surface area contributed by atoms with Crippen LogP contribution in [0.5, 0.6) is 0 Å². The fourth-order valence-electron chi connectivity index (χ4n) is 4.50. The van der Waals surface area contributed by atoms with E-state index in [1.54, 1.807) is 38.7 Å². The minimum atomic E-state index is -0.936. The normalized spacial score (nSPS) is 17.5. The molecule has 0 saturated carbocycles. The van der Waals surface area contributed by atoms with Crippen molar-refractivity contribution in [2.24, 2.45) is 11.8 Å². The van der Waals surface area contributed by atoms with E-state index in [0.29, 0.717) is 31.4 Å². The van der Waals surface area contributed by atoms with Crippen LogP contribution in [0.25, 0.3) is 0 Å². The maximum Gasteiger partial charge on any atom is 0.408 e. The van der Waals surface area contributed by atoms with Crippen LogP contribution >= 0.6 is 0 Å². The largest absolute Gasteiger partial charge is 0.467 e. The van der Waals surface area contributed by atoms with Gasteiger partial charge < -0.3 is 35.6 Å². The molecule has 4 N–H and O–H groups in total. The Balaban J connectivity index is 2.84. The molecule has 13 heteroatoms. The second kappa shape index (κ2) is 16.9. The Morgan fingerprint density at radius 1 is 0.977 bits per heavy atom. The van der Waals surface area contributed by atoms with Crippen molar-refractivity contribution >= 4 is 35.7 Å². The third kappa shape index (κ3) is 13.0. The molecular formula is C30H51N5O8. The summed E-state index contributed by atoms with van der Waals surface area (Å²) in [6.07, 6.45) is 2.68. The van der Waals surface area contributed by atoms with E-state index in [2.05, 4.69) is 21.3 Å². The van der Waals surface area contributed by atoms with Gasteiger partial charge in [0.1, 0.15) is 23.7 Å². The van der Waals surface area contributed by atoms with E-state index in [-0.39, 0.29) is 30.3 Å². The molecule has 1 saturated heterocycles. The summed E-state index contributed by atoms with van der Waals surface area (Å²) in [6, 6.07) is -2.97. The molecule has 0 aromatic carbocycles. The van der Waals surface area contributed by atoms with Crippen molar-refractivity contribution in [2.75, 3.05) is 20.2 Å². The van der Waals surface area contributed by atoms with Gasteiger partial charge in [-0.1, -0.05) is 33.8 Å². The highest BCUT2D eigenvalue weighted by molar-refractivity contribution is 5.96. The summed E-state index contributed by atoms with van der Waals surface area (Å²) in [6.45, 7) is 15.8. The molecule has 5 amide bonds. The minimum Gasteiger partial charge on any atom is -0.467 e. The second-order valence-electron chi connectivity index (χ2n) is 12.6. The van der Waals surface area contributed by atoms with Crippen LogP contribution in [0.1, 0.15) is 81.6 Å². The number of esters is 1. The van der Waals surface area contributed by atoms with Crippen molar-refractivity contribution in [3.05, 3.63) is 11.6 Å². The number of nitrogens with one attached hydrogen (secondary N) is 4. The van der Waals surface area contributed by atoms with Crippen LogP contribution < -0.4 is 21.3 Å². The summed E-state index contributed by atoms with van der Waals surface area (Å²) in [4.78, 5) is 77.2. The fraction of sp³-hybridized carbons (Fsp3) is 0.733. The quantitative estimate of drug-likeness (QED) is 0.181. The van der Waals surface area contributed by atoms with E-state index in [4.69, 9.17) is 9.47 Å². The Bertz CT molecular complexity index is 1050. The van der Waals surface area contributed by atoms with Gasteiger partial charge in [-0.2, -0.15) is 0 Å². The van der Waals surface area contributed by atoms with E-state index in [0.717, 1.165) is 0 Å². The lowest BCUT2D eigenvalue weighted by Gasteiger charge is -2.31. The van der Waals surface area contributed by atoms with Crippen molar-refractivity contribution in [3.8, 4) is 0 Å². The van der Waals surface area contributed by atoms with E-state index < -0.39 is 53.5 Å². The van der Waals surface area contributed by atoms with Gasteiger partial charge in [0.15, 0.2) is 0 Å². The van der Waals surface area contributed by atoms with Gasteiger partial charge in [0, 0.05) is 12.1 Å². The Labute approximate surface area is 255 Å². The predicted molar refractivity (Wildman–Crippen MR) is 161 cm³/mol. The number of carbonyl (C=O) groups is 6. The first-order valence-electron chi connectivity index (χ1n) is 14.8. The summed E-state index contributed by atoms with van der Waals surface area (Å²) in [5.41, 5.74) is -0.401. The van der Waals surface area contributed by atoms with Crippen molar-refractivity contribution in [3.63, 3.8) is 0 Å². The number of methoxy groups -OCH3 is 1. The van der Waals surface area contributed by atoms with Crippen LogP contribution in [-0.2, 0) is 33.4 Å².